The van der Waals surface area contributed by atoms with Crippen LogP contribution in [-0.4, -0.2) is 56.8 Å². The molecule has 21 heavy (non-hydrogen) atoms. The topological polar surface area (TPSA) is 62.2 Å². The number of hydrogen-bond donors (Lipinski definition) is 0. The molecule has 1 aromatic rings. The average Bonchev–Trinajstić information content (AvgIpc) is 2.41. The van der Waals surface area contributed by atoms with E-state index in [0.717, 1.165) is 12.4 Å². The molecule has 0 radical (unpaired) electrons. The SMILES string of the molecule is CC(C)c1nc(N(C)C)nc(N2CCS(=O)C(C)(C)C2)n1. The van der Waals surface area contributed by atoms with Crippen molar-refractivity contribution < 1.29 is 4.21 Å². The second-order valence-corrected chi connectivity index (χ2v) is 8.78. The van der Waals surface area contributed by atoms with E-state index >= 15 is 0 Å². The van der Waals surface area contributed by atoms with Gasteiger partial charge in [0.2, 0.25) is 11.9 Å². The lowest BCUT2D eigenvalue weighted by molar-refractivity contribution is 0.580. The van der Waals surface area contributed by atoms with Gasteiger partial charge in [-0.3, -0.25) is 4.21 Å². The Morgan fingerprint density at radius 2 is 1.90 bits per heavy atom. The van der Waals surface area contributed by atoms with Crippen LogP contribution in [0, 0.1) is 0 Å². The molecule has 1 aliphatic rings. The molecule has 0 saturated carbocycles. The van der Waals surface area contributed by atoms with E-state index in [1.165, 1.54) is 0 Å². The first-order valence-electron chi connectivity index (χ1n) is 7.27. The van der Waals surface area contributed by atoms with Crippen LogP contribution in [0.5, 0.6) is 0 Å². The number of aromatic nitrogens is 3. The van der Waals surface area contributed by atoms with Crippen molar-refractivity contribution in [2.45, 2.75) is 38.4 Å². The van der Waals surface area contributed by atoms with Crippen molar-refractivity contribution in [3.63, 3.8) is 0 Å². The molecule has 0 spiro atoms. The summed E-state index contributed by atoms with van der Waals surface area (Å²) in [6.07, 6.45) is 0. The van der Waals surface area contributed by atoms with Gasteiger partial charge in [0.25, 0.3) is 0 Å². The van der Waals surface area contributed by atoms with Gasteiger partial charge in [-0.2, -0.15) is 15.0 Å². The third-order valence-corrected chi connectivity index (χ3v) is 5.48. The predicted molar refractivity (Wildman–Crippen MR) is 87.5 cm³/mol. The minimum Gasteiger partial charge on any atom is -0.347 e. The number of anilines is 2. The molecule has 0 amide bonds. The maximum absolute atomic E-state index is 12.1. The van der Waals surface area contributed by atoms with Crippen molar-refractivity contribution in [2.24, 2.45) is 0 Å². The summed E-state index contributed by atoms with van der Waals surface area (Å²) in [4.78, 5) is 17.7. The van der Waals surface area contributed by atoms with Gasteiger partial charge in [0, 0.05) is 49.7 Å². The largest absolute Gasteiger partial charge is 0.347 e. The Kier molecular flexibility index (Phi) is 4.51. The van der Waals surface area contributed by atoms with Crippen LogP contribution in [0.1, 0.15) is 39.4 Å². The summed E-state index contributed by atoms with van der Waals surface area (Å²) >= 11 is 0. The summed E-state index contributed by atoms with van der Waals surface area (Å²) in [5.41, 5.74) is 0. The fourth-order valence-electron chi connectivity index (χ4n) is 2.22. The molecule has 6 nitrogen and oxygen atoms in total. The fourth-order valence-corrected chi connectivity index (χ4v) is 3.46. The second kappa shape index (κ2) is 5.87. The lowest BCUT2D eigenvalue weighted by atomic mass is 10.2. The molecule has 1 fully saturated rings. The van der Waals surface area contributed by atoms with Gasteiger partial charge >= 0.3 is 0 Å². The standard InChI is InChI=1S/C14H25N5OS/c1-10(2)11-15-12(18(5)6)17-13(16-11)19-7-8-21(20)14(3,4)9-19/h10H,7-9H2,1-6H3. The van der Waals surface area contributed by atoms with Crippen LogP contribution in [0.25, 0.3) is 0 Å². The monoisotopic (exact) mass is 311 g/mol. The van der Waals surface area contributed by atoms with E-state index < -0.39 is 10.8 Å². The zero-order valence-electron chi connectivity index (χ0n) is 13.8. The molecular formula is C14H25N5OS. The van der Waals surface area contributed by atoms with E-state index in [-0.39, 0.29) is 10.7 Å². The first-order chi connectivity index (χ1) is 9.70. The molecule has 1 saturated heterocycles. The van der Waals surface area contributed by atoms with Gasteiger partial charge in [-0.1, -0.05) is 13.8 Å². The zero-order chi connectivity index (χ0) is 15.8. The highest BCUT2D eigenvalue weighted by Crippen LogP contribution is 2.25. The van der Waals surface area contributed by atoms with Gasteiger partial charge in [0.15, 0.2) is 0 Å². The summed E-state index contributed by atoms with van der Waals surface area (Å²) < 4.78 is 11.8. The van der Waals surface area contributed by atoms with Gasteiger partial charge < -0.3 is 9.80 Å². The highest BCUT2D eigenvalue weighted by molar-refractivity contribution is 7.86. The molecule has 118 valence electrons. The molecule has 2 rings (SSSR count). The van der Waals surface area contributed by atoms with Crippen LogP contribution in [0.15, 0.2) is 0 Å². The van der Waals surface area contributed by atoms with E-state index in [4.69, 9.17) is 0 Å². The van der Waals surface area contributed by atoms with Crippen molar-refractivity contribution in [2.75, 3.05) is 42.7 Å². The minimum atomic E-state index is -0.797. The maximum atomic E-state index is 12.1. The summed E-state index contributed by atoms with van der Waals surface area (Å²) in [5.74, 6) is 3.08. The molecule has 1 aromatic heterocycles. The van der Waals surface area contributed by atoms with E-state index in [0.29, 0.717) is 24.2 Å². The van der Waals surface area contributed by atoms with Crippen molar-refractivity contribution in [3.05, 3.63) is 5.82 Å². The summed E-state index contributed by atoms with van der Waals surface area (Å²) in [7, 11) is 3.06. The Morgan fingerprint density at radius 1 is 1.24 bits per heavy atom. The maximum Gasteiger partial charge on any atom is 0.230 e. The lowest BCUT2D eigenvalue weighted by Gasteiger charge is -2.37. The normalized spacial score (nSPS) is 21.7. The van der Waals surface area contributed by atoms with Gasteiger partial charge in [-0.05, 0) is 13.8 Å². The van der Waals surface area contributed by atoms with Crippen molar-refractivity contribution >= 4 is 22.7 Å². The van der Waals surface area contributed by atoms with Crippen LogP contribution in [-0.2, 0) is 10.8 Å². The molecule has 0 aromatic carbocycles. The number of rotatable bonds is 3. The summed E-state index contributed by atoms with van der Waals surface area (Å²) in [6.45, 7) is 9.65. The smallest absolute Gasteiger partial charge is 0.230 e. The minimum absolute atomic E-state index is 0.235. The van der Waals surface area contributed by atoms with Gasteiger partial charge in [0.05, 0.1) is 4.75 Å². The highest BCUT2D eigenvalue weighted by atomic mass is 32.2. The van der Waals surface area contributed by atoms with Crippen LogP contribution < -0.4 is 9.80 Å². The molecule has 0 aliphatic carbocycles. The van der Waals surface area contributed by atoms with Crippen molar-refractivity contribution in [3.8, 4) is 0 Å². The lowest BCUT2D eigenvalue weighted by Crippen LogP contribution is -2.50. The second-order valence-electron chi connectivity index (χ2n) is 6.57. The van der Waals surface area contributed by atoms with E-state index in [1.54, 1.807) is 0 Å². The predicted octanol–water partition coefficient (Wildman–Crippen LogP) is 1.41. The van der Waals surface area contributed by atoms with Gasteiger partial charge in [0.1, 0.15) is 5.82 Å². The van der Waals surface area contributed by atoms with Crippen LogP contribution in [0.3, 0.4) is 0 Å². The van der Waals surface area contributed by atoms with Crippen LogP contribution >= 0.6 is 0 Å². The summed E-state index contributed by atoms with van der Waals surface area (Å²) in [5, 5.41) is 0. The van der Waals surface area contributed by atoms with E-state index in [1.807, 2.05) is 32.8 Å². The Balaban J connectivity index is 2.37. The third-order valence-electron chi connectivity index (χ3n) is 3.56. The molecule has 0 N–H and O–H groups in total. The van der Waals surface area contributed by atoms with Crippen LogP contribution in [0.4, 0.5) is 11.9 Å². The number of hydrogen-bond acceptors (Lipinski definition) is 6. The Morgan fingerprint density at radius 3 is 2.43 bits per heavy atom. The Bertz CT molecular complexity index is 518. The molecule has 1 atom stereocenters. The Labute approximate surface area is 129 Å². The van der Waals surface area contributed by atoms with Gasteiger partial charge in [-0.15, -0.1) is 0 Å². The number of nitrogens with zero attached hydrogens (tertiary/aromatic N) is 5. The van der Waals surface area contributed by atoms with Crippen LogP contribution in [0.2, 0.25) is 0 Å². The zero-order valence-corrected chi connectivity index (χ0v) is 14.6. The van der Waals surface area contributed by atoms with Crippen molar-refractivity contribution in [1.82, 2.24) is 15.0 Å². The van der Waals surface area contributed by atoms with E-state index in [2.05, 4.69) is 33.7 Å². The molecule has 7 heteroatoms. The quantitative estimate of drug-likeness (QED) is 0.841. The molecule has 0 bridgehead atoms. The fraction of sp³-hybridized carbons (Fsp3) is 0.786. The average molecular weight is 311 g/mol. The molecule has 2 heterocycles. The summed E-state index contributed by atoms with van der Waals surface area (Å²) in [6, 6.07) is 0. The van der Waals surface area contributed by atoms with Gasteiger partial charge in [-0.25, -0.2) is 0 Å². The first-order valence-corrected chi connectivity index (χ1v) is 8.59. The molecular weight excluding hydrogens is 286 g/mol. The third kappa shape index (κ3) is 3.51. The first kappa shape index (κ1) is 16.1. The van der Waals surface area contributed by atoms with E-state index in [9.17, 15) is 4.21 Å². The highest BCUT2D eigenvalue weighted by Gasteiger charge is 2.34. The molecule has 1 unspecified atom stereocenters. The van der Waals surface area contributed by atoms with Crippen molar-refractivity contribution in [1.29, 1.82) is 0 Å². The Hall–Kier alpha value is -1.24. The molecule has 1 aliphatic heterocycles.